The smallest absolute Gasteiger partial charge is 0.313 e. The molecule has 1 heterocycles. The van der Waals surface area contributed by atoms with Crippen molar-refractivity contribution >= 4 is 23.2 Å². The third kappa shape index (κ3) is 3.87. The van der Waals surface area contributed by atoms with Gasteiger partial charge in [-0.25, -0.2) is 0 Å². The monoisotopic (exact) mass is 396 g/mol. The van der Waals surface area contributed by atoms with E-state index in [4.69, 9.17) is 0 Å². The summed E-state index contributed by atoms with van der Waals surface area (Å²) in [5, 5.41) is 5.93. The van der Waals surface area contributed by atoms with Gasteiger partial charge in [-0.15, -0.1) is 0 Å². The zero-order chi connectivity index (χ0) is 20.0. The molecule has 6 rings (SSSR count). The van der Waals surface area contributed by atoms with Crippen molar-refractivity contribution in [2.24, 2.45) is 17.8 Å². The first kappa shape index (κ1) is 18.9. The van der Waals surface area contributed by atoms with Crippen LogP contribution in [0.25, 0.3) is 0 Å². The number of rotatable bonds is 3. The Hall–Kier alpha value is -2.08. The fourth-order valence-electron chi connectivity index (χ4n) is 6.57. The summed E-state index contributed by atoms with van der Waals surface area (Å²) in [5.74, 6) is 1.20. The second kappa shape index (κ2) is 7.31. The predicted octanol–water partition coefficient (Wildman–Crippen LogP) is 2.46. The van der Waals surface area contributed by atoms with Crippen LogP contribution >= 0.6 is 0 Å². The van der Waals surface area contributed by atoms with Gasteiger partial charge in [0.25, 0.3) is 0 Å². The van der Waals surface area contributed by atoms with Crippen LogP contribution in [0.2, 0.25) is 0 Å². The lowest BCUT2D eigenvalue weighted by atomic mass is 9.53. The van der Waals surface area contributed by atoms with E-state index in [-0.39, 0.29) is 5.54 Å². The van der Waals surface area contributed by atoms with Crippen LogP contribution in [0.3, 0.4) is 0 Å². The molecule has 1 aromatic rings. The normalized spacial score (nSPS) is 33.6. The number of nitrogens with one attached hydrogen (secondary N) is 2. The number of nitrogens with zero attached hydrogens (tertiary/aromatic N) is 2. The minimum absolute atomic E-state index is 0.131. The van der Waals surface area contributed by atoms with Crippen LogP contribution in [0.1, 0.15) is 38.5 Å². The summed E-state index contributed by atoms with van der Waals surface area (Å²) >= 11 is 0. The van der Waals surface area contributed by atoms with Crippen molar-refractivity contribution < 1.29 is 9.59 Å². The second-order valence-electron chi connectivity index (χ2n) is 9.94. The molecule has 0 unspecified atom stereocenters. The molecule has 2 amide bonds. The second-order valence-corrected chi connectivity index (χ2v) is 9.94. The molecule has 2 N–H and O–H groups in total. The largest absolute Gasteiger partial charge is 0.369 e. The van der Waals surface area contributed by atoms with Gasteiger partial charge < -0.3 is 20.4 Å². The molecule has 1 aromatic carbocycles. The average molecular weight is 397 g/mol. The number of carbonyl (C=O) groups is 2. The molecule has 1 saturated heterocycles. The molecule has 0 aromatic heterocycles. The summed E-state index contributed by atoms with van der Waals surface area (Å²) in [6.07, 6.45) is 7.12. The van der Waals surface area contributed by atoms with Crippen LogP contribution in [0.5, 0.6) is 0 Å². The average Bonchev–Trinajstić information content (AvgIpc) is 2.68. The van der Waals surface area contributed by atoms with Crippen molar-refractivity contribution in [2.45, 2.75) is 44.1 Å². The van der Waals surface area contributed by atoms with Crippen molar-refractivity contribution in [2.75, 3.05) is 43.4 Å². The van der Waals surface area contributed by atoms with Crippen LogP contribution in [0.4, 0.5) is 11.4 Å². The lowest BCUT2D eigenvalue weighted by Crippen LogP contribution is -2.61. The van der Waals surface area contributed by atoms with E-state index < -0.39 is 11.8 Å². The quantitative estimate of drug-likeness (QED) is 0.771. The summed E-state index contributed by atoms with van der Waals surface area (Å²) in [7, 11) is 2.14. The highest BCUT2D eigenvalue weighted by Gasteiger charge is 2.51. The molecule has 156 valence electrons. The molecule has 4 aliphatic carbocycles. The maximum atomic E-state index is 12.6. The minimum atomic E-state index is -0.548. The maximum absolute atomic E-state index is 12.6. The first-order valence-electron chi connectivity index (χ1n) is 11.2. The highest BCUT2D eigenvalue weighted by Crippen LogP contribution is 2.55. The molecule has 5 fully saturated rings. The standard InChI is InChI=1S/C23H32N4O2/c1-26-6-8-27(9-7-26)20-4-2-19(3-5-20)24-21(28)22(29)25-23-13-16-10-17(14-23)12-18(11-16)15-23/h2-5,16-18H,6-15H2,1H3,(H,24,28)(H,25,29). The van der Waals surface area contributed by atoms with Crippen LogP contribution in [-0.4, -0.2) is 55.5 Å². The number of likely N-dealkylation sites (N-methyl/N-ethyl adjacent to an activating group) is 1. The van der Waals surface area contributed by atoms with E-state index in [2.05, 4.69) is 27.5 Å². The van der Waals surface area contributed by atoms with Gasteiger partial charge in [-0.2, -0.15) is 0 Å². The first-order chi connectivity index (χ1) is 14.0. The SMILES string of the molecule is CN1CCN(c2ccc(NC(=O)C(=O)NC34CC5CC(CC(C5)C3)C4)cc2)CC1. The van der Waals surface area contributed by atoms with E-state index in [0.717, 1.165) is 68.9 Å². The van der Waals surface area contributed by atoms with Gasteiger partial charge in [0.15, 0.2) is 0 Å². The van der Waals surface area contributed by atoms with E-state index in [1.165, 1.54) is 19.3 Å². The van der Waals surface area contributed by atoms with Crippen LogP contribution < -0.4 is 15.5 Å². The van der Waals surface area contributed by atoms with E-state index in [0.29, 0.717) is 5.69 Å². The Morgan fingerprint density at radius 2 is 1.41 bits per heavy atom. The van der Waals surface area contributed by atoms with E-state index >= 15 is 0 Å². The maximum Gasteiger partial charge on any atom is 0.313 e. The molecule has 0 radical (unpaired) electrons. The Balaban J connectivity index is 1.18. The van der Waals surface area contributed by atoms with Crippen LogP contribution in [0.15, 0.2) is 24.3 Å². The minimum Gasteiger partial charge on any atom is -0.369 e. The van der Waals surface area contributed by atoms with Gasteiger partial charge in [0.2, 0.25) is 0 Å². The van der Waals surface area contributed by atoms with E-state index in [9.17, 15) is 9.59 Å². The summed E-state index contributed by atoms with van der Waals surface area (Å²) in [4.78, 5) is 29.8. The molecule has 0 spiro atoms. The van der Waals surface area contributed by atoms with Gasteiger partial charge in [-0.3, -0.25) is 9.59 Å². The summed E-state index contributed by atoms with van der Waals surface area (Å²) in [6, 6.07) is 7.84. The number of piperazine rings is 1. The van der Waals surface area contributed by atoms with Crippen LogP contribution in [-0.2, 0) is 9.59 Å². The van der Waals surface area contributed by atoms with Gasteiger partial charge >= 0.3 is 11.8 Å². The van der Waals surface area contributed by atoms with Gasteiger partial charge in [-0.05, 0) is 87.6 Å². The molecular weight excluding hydrogens is 364 g/mol. The summed E-state index contributed by atoms with van der Waals surface area (Å²) < 4.78 is 0. The number of anilines is 2. The Morgan fingerprint density at radius 3 is 1.97 bits per heavy atom. The highest BCUT2D eigenvalue weighted by molar-refractivity contribution is 6.39. The van der Waals surface area contributed by atoms with Crippen molar-refractivity contribution in [1.29, 1.82) is 0 Å². The number of carbonyl (C=O) groups excluding carboxylic acids is 2. The third-order valence-electron chi connectivity index (χ3n) is 7.62. The van der Waals surface area contributed by atoms with Crippen molar-refractivity contribution in [1.82, 2.24) is 10.2 Å². The molecule has 4 saturated carbocycles. The number of hydrogen-bond acceptors (Lipinski definition) is 4. The Kier molecular flexibility index (Phi) is 4.77. The lowest BCUT2D eigenvalue weighted by Gasteiger charge is -2.56. The topological polar surface area (TPSA) is 64.7 Å². The molecule has 1 aliphatic heterocycles. The summed E-state index contributed by atoms with van der Waals surface area (Å²) in [6.45, 7) is 4.14. The molecule has 6 heteroatoms. The van der Waals surface area contributed by atoms with Crippen molar-refractivity contribution in [3.8, 4) is 0 Å². The van der Waals surface area contributed by atoms with Crippen molar-refractivity contribution in [3.63, 3.8) is 0 Å². The van der Waals surface area contributed by atoms with Gasteiger partial charge in [0, 0.05) is 43.1 Å². The Labute approximate surface area is 173 Å². The third-order valence-corrected chi connectivity index (χ3v) is 7.62. The highest BCUT2D eigenvalue weighted by atomic mass is 16.2. The lowest BCUT2D eigenvalue weighted by molar-refractivity contribution is -0.139. The number of amides is 2. The van der Waals surface area contributed by atoms with Gasteiger partial charge in [0.1, 0.15) is 0 Å². The van der Waals surface area contributed by atoms with Gasteiger partial charge in [-0.1, -0.05) is 0 Å². The summed E-state index contributed by atoms with van der Waals surface area (Å²) in [5.41, 5.74) is 1.71. The molecule has 4 bridgehead atoms. The fraction of sp³-hybridized carbons (Fsp3) is 0.652. The zero-order valence-corrected chi connectivity index (χ0v) is 17.3. The Morgan fingerprint density at radius 1 is 0.862 bits per heavy atom. The fourth-order valence-corrected chi connectivity index (χ4v) is 6.57. The predicted molar refractivity (Wildman–Crippen MR) is 114 cm³/mol. The zero-order valence-electron chi connectivity index (χ0n) is 17.3. The first-order valence-corrected chi connectivity index (χ1v) is 11.2. The Bertz CT molecular complexity index is 747. The van der Waals surface area contributed by atoms with E-state index in [1.807, 2.05) is 24.3 Å². The molecule has 29 heavy (non-hydrogen) atoms. The molecule has 5 aliphatic rings. The molecule has 6 nitrogen and oxygen atoms in total. The van der Waals surface area contributed by atoms with E-state index in [1.54, 1.807) is 0 Å². The van der Waals surface area contributed by atoms with Crippen LogP contribution in [0, 0.1) is 17.8 Å². The molecular formula is C23H32N4O2. The number of benzene rings is 1. The molecule has 0 atom stereocenters. The number of hydrogen-bond donors (Lipinski definition) is 2. The van der Waals surface area contributed by atoms with Gasteiger partial charge in [0.05, 0.1) is 0 Å². The van der Waals surface area contributed by atoms with Crippen molar-refractivity contribution in [3.05, 3.63) is 24.3 Å².